The van der Waals surface area contributed by atoms with E-state index >= 15 is 0 Å². The molecule has 0 bridgehead atoms. The van der Waals surface area contributed by atoms with Gasteiger partial charge in [0.2, 0.25) is 0 Å². The third-order valence-corrected chi connectivity index (χ3v) is 6.02. The summed E-state index contributed by atoms with van der Waals surface area (Å²) < 4.78 is 0. The quantitative estimate of drug-likeness (QED) is 0.515. The van der Waals surface area contributed by atoms with Crippen LogP contribution in [-0.4, -0.2) is 37.0 Å². The van der Waals surface area contributed by atoms with Gasteiger partial charge in [-0.1, -0.05) is 24.3 Å². The molecular weight excluding hydrogens is 380 g/mol. The number of nitrogens with zero attached hydrogens (tertiary/aromatic N) is 2. The average molecular weight is 402 g/mol. The van der Waals surface area contributed by atoms with Crippen LogP contribution < -0.4 is 15.5 Å². The molecule has 0 atom stereocenters. The number of aryl methyl sites for hydroxylation is 2. The van der Waals surface area contributed by atoms with E-state index in [-0.39, 0.29) is 11.6 Å². The van der Waals surface area contributed by atoms with Gasteiger partial charge in [-0.05, 0) is 41.5 Å². The van der Waals surface area contributed by atoms with Gasteiger partial charge in [-0.25, -0.2) is 0 Å². The van der Waals surface area contributed by atoms with Crippen molar-refractivity contribution < 1.29 is 9.72 Å². The Labute approximate surface area is 173 Å². The highest BCUT2D eigenvalue weighted by Gasteiger charge is 2.23. The third-order valence-electron chi connectivity index (χ3n) is 6.02. The molecule has 0 radical (unpaired) electrons. The number of benzene rings is 3. The minimum Gasteiger partial charge on any atom is -0.368 e. The summed E-state index contributed by atoms with van der Waals surface area (Å²) in [6.45, 7) is 3.12. The van der Waals surface area contributed by atoms with Gasteiger partial charge < -0.3 is 15.5 Å². The summed E-state index contributed by atoms with van der Waals surface area (Å²) in [5, 5.41) is 19.9. The van der Waals surface area contributed by atoms with E-state index in [2.05, 4.69) is 27.7 Å². The number of piperazine rings is 1. The van der Waals surface area contributed by atoms with E-state index < -0.39 is 4.92 Å². The number of hydrogen-bond acceptors (Lipinski definition) is 5. The molecule has 0 unspecified atom stereocenters. The first-order valence-electron chi connectivity index (χ1n) is 10.2. The summed E-state index contributed by atoms with van der Waals surface area (Å²) in [6, 6.07) is 14.7. The van der Waals surface area contributed by atoms with Crippen molar-refractivity contribution in [2.45, 2.75) is 12.8 Å². The maximum absolute atomic E-state index is 13.3. The maximum atomic E-state index is 13.3. The Morgan fingerprint density at radius 3 is 2.57 bits per heavy atom. The summed E-state index contributed by atoms with van der Waals surface area (Å²) in [7, 11) is 0. The molecule has 152 valence electrons. The van der Waals surface area contributed by atoms with Gasteiger partial charge in [0.15, 0.2) is 0 Å². The van der Waals surface area contributed by atoms with Crippen molar-refractivity contribution in [1.29, 1.82) is 0 Å². The Hall–Kier alpha value is -3.45. The molecule has 0 saturated carbocycles. The fourth-order valence-corrected chi connectivity index (χ4v) is 4.55. The molecule has 7 nitrogen and oxygen atoms in total. The highest BCUT2D eigenvalue weighted by molar-refractivity contribution is 6.13. The molecule has 1 amide bonds. The predicted octanol–water partition coefficient (Wildman–Crippen LogP) is 3.51. The smallest absolute Gasteiger partial charge is 0.270 e. The van der Waals surface area contributed by atoms with Crippen LogP contribution in [0.2, 0.25) is 0 Å². The third kappa shape index (κ3) is 3.17. The van der Waals surface area contributed by atoms with E-state index in [0.717, 1.165) is 55.8 Å². The van der Waals surface area contributed by atoms with Crippen LogP contribution in [0, 0.1) is 10.1 Å². The highest BCUT2D eigenvalue weighted by atomic mass is 16.6. The zero-order valence-electron chi connectivity index (χ0n) is 16.5. The van der Waals surface area contributed by atoms with E-state index in [4.69, 9.17) is 0 Å². The van der Waals surface area contributed by atoms with Gasteiger partial charge >= 0.3 is 0 Å². The number of anilines is 2. The van der Waals surface area contributed by atoms with Gasteiger partial charge in [-0.3, -0.25) is 14.9 Å². The monoisotopic (exact) mass is 402 g/mol. The molecule has 1 fully saturated rings. The second kappa shape index (κ2) is 7.42. The topological polar surface area (TPSA) is 87.5 Å². The van der Waals surface area contributed by atoms with E-state index in [1.807, 2.05) is 18.2 Å². The van der Waals surface area contributed by atoms with Crippen molar-refractivity contribution in [3.05, 3.63) is 75.3 Å². The van der Waals surface area contributed by atoms with Gasteiger partial charge in [0.1, 0.15) is 0 Å². The Bertz CT molecular complexity index is 1160. The van der Waals surface area contributed by atoms with Crippen LogP contribution in [0.3, 0.4) is 0 Å². The molecule has 2 aliphatic rings. The molecule has 2 N–H and O–H groups in total. The van der Waals surface area contributed by atoms with Crippen molar-refractivity contribution in [3.8, 4) is 0 Å². The van der Waals surface area contributed by atoms with Crippen LogP contribution in [0.1, 0.15) is 21.5 Å². The lowest BCUT2D eigenvalue weighted by Gasteiger charge is -2.30. The first kappa shape index (κ1) is 18.6. The molecule has 1 aliphatic heterocycles. The fraction of sp³-hybridized carbons (Fsp3) is 0.261. The molecule has 3 aromatic rings. The van der Waals surface area contributed by atoms with Crippen LogP contribution in [0.5, 0.6) is 0 Å². The Morgan fingerprint density at radius 1 is 1.03 bits per heavy atom. The van der Waals surface area contributed by atoms with Crippen molar-refractivity contribution in [2.24, 2.45) is 0 Å². The van der Waals surface area contributed by atoms with E-state index in [9.17, 15) is 14.9 Å². The summed E-state index contributed by atoms with van der Waals surface area (Å²) in [5.41, 5.74) is 4.31. The Kier molecular flexibility index (Phi) is 4.59. The lowest BCUT2D eigenvalue weighted by Crippen LogP contribution is -2.44. The van der Waals surface area contributed by atoms with Crippen LogP contribution in [0.4, 0.5) is 17.1 Å². The highest BCUT2D eigenvalue weighted by Crippen LogP contribution is 2.35. The molecule has 0 aromatic heterocycles. The lowest BCUT2D eigenvalue weighted by atomic mass is 10.0. The van der Waals surface area contributed by atoms with Crippen LogP contribution in [0.25, 0.3) is 10.8 Å². The number of carbonyl (C=O) groups excluding carboxylic acids is 1. The van der Waals surface area contributed by atoms with Crippen LogP contribution in [-0.2, 0) is 12.8 Å². The SMILES string of the molecule is O=C(Nc1ccc2c3c(cccc13)CC2)c1cc([N+](=O)[O-])ccc1N1CCNCC1. The molecule has 30 heavy (non-hydrogen) atoms. The molecular formula is C23H22N4O3. The maximum Gasteiger partial charge on any atom is 0.270 e. The van der Waals surface area contributed by atoms with Crippen LogP contribution in [0.15, 0.2) is 48.5 Å². The largest absolute Gasteiger partial charge is 0.368 e. The standard InChI is InChI=1S/C23H22N4O3/c28-23(25-20-8-6-16-5-4-15-2-1-3-18(20)22(15)16)19-14-17(27(29)30)7-9-21(19)26-12-10-24-11-13-26/h1-3,6-9,14,24H,4-5,10-13H2,(H,25,28). The molecule has 3 aromatic carbocycles. The van der Waals surface area contributed by atoms with Crippen molar-refractivity contribution in [3.63, 3.8) is 0 Å². The minimum atomic E-state index is -0.461. The number of amides is 1. The summed E-state index contributed by atoms with van der Waals surface area (Å²) in [4.78, 5) is 26.3. The van der Waals surface area contributed by atoms with Gasteiger partial charge in [-0.15, -0.1) is 0 Å². The number of hydrogen-bond donors (Lipinski definition) is 2. The average Bonchev–Trinajstić information content (AvgIpc) is 3.20. The van der Waals surface area contributed by atoms with Crippen molar-refractivity contribution in [1.82, 2.24) is 5.32 Å². The molecule has 0 spiro atoms. The Morgan fingerprint density at radius 2 is 1.80 bits per heavy atom. The van der Waals surface area contributed by atoms with Gasteiger partial charge in [0, 0.05) is 49.4 Å². The number of nitrogens with one attached hydrogen (secondary N) is 2. The molecule has 1 aliphatic carbocycles. The normalized spacial score (nSPS) is 15.4. The fourth-order valence-electron chi connectivity index (χ4n) is 4.55. The molecule has 1 heterocycles. The second-order valence-electron chi connectivity index (χ2n) is 7.76. The van der Waals surface area contributed by atoms with Gasteiger partial charge in [-0.2, -0.15) is 0 Å². The van der Waals surface area contributed by atoms with E-state index in [0.29, 0.717) is 5.56 Å². The van der Waals surface area contributed by atoms with E-state index in [1.54, 1.807) is 6.07 Å². The van der Waals surface area contributed by atoms with Crippen molar-refractivity contribution >= 4 is 33.7 Å². The summed E-state index contributed by atoms with van der Waals surface area (Å²) >= 11 is 0. The number of non-ortho nitro benzene ring substituents is 1. The predicted molar refractivity (Wildman–Crippen MR) is 117 cm³/mol. The number of rotatable bonds is 4. The summed E-state index contributed by atoms with van der Waals surface area (Å²) in [5.74, 6) is -0.328. The second-order valence-corrected chi connectivity index (χ2v) is 7.76. The zero-order valence-corrected chi connectivity index (χ0v) is 16.5. The molecule has 1 saturated heterocycles. The van der Waals surface area contributed by atoms with Gasteiger partial charge in [0.05, 0.1) is 16.2 Å². The number of nitro benzene ring substituents is 1. The number of carbonyl (C=O) groups is 1. The summed E-state index contributed by atoms with van der Waals surface area (Å²) in [6.07, 6.45) is 2.03. The van der Waals surface area contributed by atoms with Gasteiger partial charge in [0.25, 0.3) is 11.6 Å². The first-order valence-corrected chi connectivity index (χ1v) is 10.2. The minimum absolute atomic E-state index is 0.0838. The van der Waals surface area contributed by atoms with Crippen molar-refractivity contribution in [2.75, 3.05) is 36.4 Å². The lowest BCUT2D eigenvalue weighted by molar-refractivity contribution is -0.384. The number of nitro groups is 1. The molecule has 7 heteroatoms. The van der Waals surface area contributed by atoms with E-state index in [1.165, 1.54) is 28.6 Å². The Balaban J connectivity index is 1.54. The molecule has 5 rings (SSSR count). The zero-order chi connectivity index (χ0) is 20.7. The first-order chi connectivity index (χ1) is 14.6. The van der Waals surface area contributed by atoms with Crippen LogP contribution >= 0.6 is 0 Å².